The average Bonchev–Trinajstić information content (AvgIpc) is 1.35. The van der Waals surface area contributed by atoms with E-state index in [4.69, 9.17) is 0 Å². The van der Waals surface area contributed by atoms with Crippen molar-refractivity contribution < 1.29 is 0 Å². The van der Waals surface area contributed by atoms with Crippen molar-refractivity contribution in [2.24, 2.45) is 0 Å². The molecule has 0 heterocycles. The molecule has 6 heavy (non-hydrogen) atoms. The highest BCUT2D eigenvalue weighted by atomic mass is 31.0. The first-order chi connectivity index (χ1) is 2.77. The molecule has 2 heteroatoms. The van der Waals surface area contributed by atoms with E-state index in [1.54, 1.807) is 0 Å². The van der Waals surface area contributed by atoms with Gasteiger partial charge in [0.1, 0.15) is 0 Å². The third-order valence-electron chi connectivity index (χ3n) is 0.322. The van der Waals surface area contributed by atoms with Gasteiger partial charge in [0.2, 0.25) is 0 Å². The van der Waals surface area contributed by atoms with E-state index >= 15 is 0 Å². The molecule has 0 aliphatic carbocycles. The molecule has 36 valence electrons. The largest absolute Gasteiger partial charge is 0.344 e. The van der Waals surface area contributed by atoms with Crippen LogP contribution in [-0.4, -0.2) is 7.05 Å². The molecule has 1 unspecified atom stereocenters. The van der Waals surface area contributed by atoms with Crippen molar-refractivity contribution in [1.29, 1.82) is 0 Å². The first-order valence-corrected chi connectivity index (χ1v) is 2.37. The zero-order valence-corrected chi connectivity index (χ0v) is 5.23. The summed E-state index contributed by atoms with van der Waals surface area (Å²) in [5, 5.41) is 2.76. The molecule has 0 amide bonds. The molecule has 0 aliphatic heterocycles. The first kappa shape index (κ1) is 6.39. The number of hydrogen-bond donors (Lipinski definition) is 1. The van der Waals surface area contributed by atoms with Crippen molar-refractivity contribution in [3.8, 4) is 0 Å². The van der Waals surface area contributed by atoms with Crippen LogP contribution in [0.1, 0.15) is 6.92 Å². The van der Waals surface area contributed by atoms with Crippen LogP contribution in [0.15, 0.2) is 0 Å². The minimum absolute atomic E-state index is 1.09. The van der Waals surface area contributed by atoms with Crippen molar-refractivity contribution >= 4 is 9.24 Å². The topological polar surface area (TPSA) is 12.0 Å². The van der Waals surface area contributed by atoms with Gasteiger partial charge in [-0.25, -0.2) is 0 Å². The van der Waals surface area contributed by atoms with Crippen LogP contribution >= 0.6 is 9.24 Å². The molecular formula is C4H9NP-. The molecule has 1 atom stereocenters. The van der Waals surface area contributed by atoms with Gasteiger partial charge in [-0.1, -0.05) is 0 Å². The summed E-state index contributed by atoms with van der Waals surface area (Å²) in [5.41, 5.74) is 1.09. The second kappa shape index (κ2) is 3.58. The summed E-state index contributed by atoms with van der Waals surface area (Å²) in [4.78, 5) is 0. The van der Waals surface area contributed by atoms with Gasteiger partial charge in [0, 0.05) is 0 Å². The molecule has 0 saturated carbocycles. The summed E-state index contributed by atoms with van der Waals surface area (Å²) in [6, 6.07) is 0. The van der Waals surface area contributed by atoms with Crippen molar-refractivity contribution in [2.75, 3.05) is 7.05 Å². The quantitative estimate of drug-likeness (QED) is 0.307. The van der Waals surface area contributed by atoms with E-state index in [1.165, 1.54) is 0 Å². The summed E-state index contributed by atoms with van der Waals surface area (Å²) in [7, 11) is 4.35. The second-order valence-corrected chi connectivity index (χ2v) is 1.92. The smallest absolute Gasteiger partial charge is 0.0188 e. The van der Waals surface area contributed by atoms with E-state index in [0.717, 1.165) is 5.66 Å². The summed E-state index contributed by atoms with van der Waals surface area (Å²) in [5.74, 6) is 0. The summed E-state index contributed by atoms with van der Waals surface area (Å²) < 4.78 is 0. The Morgan fingerprint density at radius 1 is 1.83 bits per heavy atom. The Balaban J connectivity index is 2.63. The lowest BCUT2D eigenvalue weighted by molar-refractivity contribution is 0.976. The van der Waals surface area contributed by atoms with Crippen LogP contribution in [0.2, 0.25) is 0 Å². The van der Waals surface area contributed by atoms with Crippen LogP contribution in [0, 0.1) is 12.2 Å². The Morgan fingerprint density at radius 2 is 2.33 bits per heavy atom. The molecule has 0 spiro atoms. The summed E-state index contributed by atoms with van der Waals surface area (Å²) >= 11 is 0. The minimum Gasteiger partial charge on any atom is -0.344 e. The monoisotopic (exact) mass is 102 g/mol. The lowest BCUT2D eigenvalue weighted by Crippen LogP contribution is -2.02. The molecule has 0 aliphatic rings. The maximum absolute atomic E-state index is 2.84. The van der Waals surface area contributed by atoms with Crippen molar-refractivity contribution in [2.45, 2.75) is 6.92 Å². The maximum Gasteiger partial charge on any atom is -0.0188 e. The van der Waals surface area contributed by atoms with Crippen LogP contribution in [0.25, 0.3) is 0 Å². The Kier molecular flexibility index (Phi) is 3.81. The standard InChI is InChI=1S/C4H9NP/c1-4(6)3-5-2/h5H,6H2,1-2H3/q-1. The third-order valence-corrected chi connectivity index (χ3v) is 0.467. The van der Waals surface area contributed by atoms with E-state index in [-0.39, 0.29) is 0 Å². The van der Waals surface area contributed by atoms with E-state index < -0.39 is 0 Å². The number of rotatable bonds is 2. The molecule has 0 fully saturated rings. The molecule has 0 rings (SSSR count). The predicted molar refractivity (Wildman–Crippen MR) is 30.9 cm³/mol. The molecule has 0 bridgehead atoms. The van der Waals surface area contributed by atoms with Gasteiger partial charge < -0.3 is 5.32 Å². The fourth-order valence-corrected chi connectivity index (χ4v) is 0.342. The molecule has 2 radical (unpaired) electrons. The van der Waals surface area contributed by atoms with Gasteiger partial charge in [0.05, 0.1) is 0 Å². The zero-order valence-electron chi connectivity index (χ0n) is 4.08. The minimum atomic E-state index is 1.09. The fourth-order valence-electron chi connectivity index (χ4n) is 0.197. The lowest BCUT2D eigenvalue weighted by atomic mass is 10.5. The third kappa shape index (κ3) is 4.39. The Bertz CT molecular complexity index is 28.7. The predicted octanol–water partition coefficient (Wildman–Crippen LogP) is 0.672. The summed E-state index contributed by atoms with van der Waals surface area (Å²) in [6.45, 7) is 4.80. The van der Waals surface area contributed by atoms with Gasteiger partial charge in [0.15, 0.2) is 0 Å². The zero-order chi connectivity index (χ0) is 4.99. The molecule has 1 N–H and O–H groups in total. The highest BCUT2D eigenvalue weighted by Crippen LogP contribution is 2.07. The van der Waals surface area contributed by atoms with E-state index in [9.17, 15) is 0 Å². The van der Waals surface area contributed by atoms with Crippen LogP contribution in [0.4, 0.5) is 0 Å². The Labute approximate surface area is 41.7 Å². The summed E-state index contributed by atoms with van der Waals surface area (Å²) in [6.07, 6.45) is 0. The molecule has 1 nitrogen and oxygen atoms in total. The van der Waals surface area contributed by atoms with Crippen LogP contribution in [0.3, 0.4) is 0 Å². The number of hydrogen-bond acceptors (Lipinski definition) is 1. The Morgan fingerprint density at radius 3 is 2.33 bits per heavy atom. The van der Waals surface area contributed by atoms with Crippen molar-refractivity contribution in [3.63, 3.8) is 0 Å². The average molecular weight is 102 g/mol. The van der Waals surface area contributed by atoms with Gasteiger partial charge >= 0.3 is 0 Å². The van der Waals surface area contributed by atoms with Crippen molar-refractivity contribution in [3.05, 3.63) is 12.2 Å². The van der Waals surface area contributed by atoms with Crippen LogP contribution in [-0.2, 0) is 0 Å². The molecule has 0 aromatic rings. The number of nitrogens with one attached hydrogen (secondary N) is 1. The highest BCUT2D eigenvalue weighted by molar-refractivity contribution is 7.21. The Hall–Kier alpha value is 0.390. The molecule has 0 aromatic carbocycles. The van der Waals surface area contributed by atoms with E-state index in [2.05, 4.69) is 21.1 Å². The second-order valence-electron chi connectivity index (χ2n) is 1.06. The van der Waals surface area contributed by atoms with Gasteiger partial charge in [0.25, 0.3) is 0 Å². The van der Waals surface area contributed by atoms with Gasteiger partial charge in [-0.15, -0.1) is 6.54 Å². The maximum atomic E-state index is 2.84. The van der Waals surface area contributed by atoms with E-state index in [0.29, 0.717) is 0 Å². The van der Waals surface area contributed by atoms with Gasteiger partial charge in [-0.2, -0.15) is 6.92 Å². The van der Waals surface area contributed by atoms with Crippen molar-refractivity contribution in [1.82, 2.24) is 5.32 Å². The van der Waals surface area contributed by atoms with Gasteiger partial charge in [-0.05, 0) is 7.05 Å². The highest BCUT2D eigenvalue weighted by Gasteiger charge is 1.68. The molecule has 0 saturated heterocycles. The fraction of sp³-hybridized carbons (Fsp3) is 0.500. The van der Waals surface area contributed by atoms with Crippen LogP contribution in [0.5, 0.6) is 0 Å². The SMILES string of the molecule is CN[C][C-](C)P. The normalized spacial score (nSPS) is 10.0. The van der Waals surface area contributed by atoms with Gasteiger partial charge in [-0.3, -0.25) is 14.9 Å². The lowest BCUT2D eigenvalue weighted by Gasteiger charge is -2.13. The van der Waals surface area contributed by atoms with E-state index in [1.807, 2.05) is 14.0 Å². The van der Waals surface area contributed by atoms with Crippen LogP contribution < -0.4 is 5.32 Å². The first-order valence-electron chi connectivity index (χ1n) is 1.79. The molecular weight excluding hydrogens is 93.0 g/mol. The molecule has 0 aromatic heterocycles.